The van der Waals surface area contributed by atoms with Gasteiger partial charge in [-0.2, -0.15) is 0 Å². The SMILES string of the molecule is CN(C)CC1CCCN1CCNCCS(C)(=O)=O. The molecule has 18 heavy (non-hydrogen) atoms. The zero-order valence-electron chi connectivity index (χ0n) is 11.9. The number of likely N-dealkylation sites (tertiary alicyclic amines) is 1. The van der Waals surface area contributed by atoms with Gasteiger partial charge in [0.2, 0.25) is 0 Å². The Kier molecular flexibility index (Phi) is 6.55. The molecule has 5 nitrogen and oxygen atoms in total. The van der Waals surface area contributed by atoms with Crippen LogP contribution in [0, 0.1) is 0 Å². The van der Waals surface area contributed by atoms with E-state index in [1.165, 1.54) is 25.6 Å². The molecule has 1 rings (SSSR count). The second kappa shape index (κ2) is 7.43. The van der Waals surface area contributed by atoms with Crippen molar-refractivity contribution in [2.24, 2.45) is 0 Å². The molecule has 1 unspecified atom stereocenters. The van der Waals surface area contributed by atoms with Gasteiger partial charge >= 0.3 is 0 Å². The van der Waals surface area contributed by atoms with E-state index in [1.54, 1.807) is 0 Å². The molecule has 1 N–H and O–H groups in total. The summed E-state index contributed by atoms with van der Waals surface area (Å²) in [5.41, 5.74) is 0. The van der Waals surface area contributed by atoms with Crippen LogP contribution in [-0.4, -0.2) is 83.1 Å². The number of nitrogens with zero attached hydrogens (tertiary/aromatic N) is 2. The van der Waals surface area contributed by atoms with Gasteiger partial charge in [0.25, 0.3) is 0 Å². The topological polar surface area (TPSA) is 52.6 Å². The van der Waals surface area contributed by atoms with Crippen LogP contribution in [0.2, 0.25) is 0 Å². The number of hydrogen-bond acceptors (Lipinski definition) is 5. The quantitative estimate of drug-likeness (QED) is 0.615. The predicted octanol–water partition coefficient (Wildman–Crippen LogP) is -0.353. The fourth-order valence-electron chi connectivity index (χ4n) is 2.42. The van der Waals surface area contributed by atoms with Gasteiger partial charge in [0, 0.05) is 38.5 Å². The lowest BCUT2D eigenvalue weighted by molar-refractivity contribution is 0.208. The Morgan fingerprint density at radius 3 is 2.67 bits per heavy atom. The Bertz CT molecular complexity index is 330. The highest BCUT2D eigenvalue weighted by atomic mass is 32.2. The van der Waals surface area contributed by atoms with Gasteiger partial charge in [-0.1, -0.05) is 0 Å². The minimum Gasteiger partial charge on any atom is -0.314 e. The molecule has 108 valence electrons. The van der Waals surface area contributed by atoms with Crippen LogP contribution in [0.15, 0.2) is 0 Å². The minimum atomic E-state index is -2.83. The van der Waals surface area contributed by atoms with Gasteiger partial charge in [-0.15, -0.1) is 0 Å². The maximum Gasteiger partial charge on any atom is 0.148 e. The number of sulfone groups is 1. The molecule has 1 saturated heterocycles. The molecule has 0 bridgehead atoms. The van der Waals surface area contributed by atoms with E-state index in [1.807, 2.05) is 0 Å². The maximum atomic E-state index is 11.0. The second-order valence-electron chi connectivity index (χ2n) is 5.47. The first-order valence-electron chi connectivity index (χ1n) is 6.66. The Balaban J connectivity index is 2.14. The van der Waals surface area contributed by atoms with Gasteiger partial charge in [-0.05, 0) is 33.5 Å². The predicted molar refractivity (Wildman–Crippen MR) is 75.7 cm³/mol. The number of nitrogens with one attached hydrogen (secondary N) is 1. The fourth-order valence-corrected chi connectivity index (χ4v) is 2.94. The number of rotatable bonds is 8. The van der Waals surface area contributed by atoms with Gasteiger partial charge in [-0.3, -0.25) is 4.90 Å². The Morgan fingerprint density at radius 1 is 1.33 bits per heavy atom. The van der Waals surface area contributed by atoms with E-state index in [-0.39, 0.29) is 5.75 Å². The average Bonchev–Trinajstić information content (AvgIpc) is 2.62. The molecular weight excluding hydrogens is 250 g/mol. The molecule has 0 aliphatic carbocycles. The van der Waals surface area contributed by atoms with Crippen molar-refractivity contribution < 1.29 is 8.42 Å². The van der Waals surface area contributed by atoms with Crippen molar-refractivity contribution in [3.05, 3.63) is 0 Å². The molecule has 1 aliphatic heterocycles. The van der Waals surface area contributed by atoms with Crippen molar-refractivity contribution in [2.75, 3.05) is 58.8 Å². The summed E-state index contributed by atoms with van der Waals surface area (Å²) in [6, 6.07) is 0.664. The molecule has 1 fully saturated rings. The standard InChI is InChI=1S/C12H27N3O2S/c1-14(2)11-12-5-4-8-15(12)9-6-13-7-10-18(3,16)17/h12-13H,4-11H2,1-3H3. The Morgan fingerprint density at radius 2 is 2.06 bits per heavy atom. The largest absolute Gasteiger partial charge is 0.314 e. The van der Waals surface area contributed by atoms with Gasteiger partial charge in [0.15, 0.2) is 0 Å². The molecule has 0 amide bonds. The summed E-state index contributed by atoms with van der Waals surface area (Å²) < 4.78 is 21.9. The molecule has 1 atom stereocenters. The van der Waals surface area contributed by atoms with Crippen molar-refractivity contribution in [1.82, 2.24) is 15.1 Å². The van der Waals surface area contributed by atoms with Crippen LogP contribution in [0.4, 0.5) is 0 Å². The normalized spacial score (nSPS) is 21.9. The van der Waals surface area contributed by atoms with E-state index in [9.17, 15) is 8.42 Å². The summed E-state index contributed by atoms with van der Waals surface area (Å²) in [7, 11) is 1.39. The summed E-state index contributed by atoms with van der Waals surface area (Å²) >= 11 is 0. The third-order valence-electron chi connectivity index (χ3n) is 3.30. The van der Waals surface area contributed by atoms with Crippen LogP contribution >= 0.6 is 0 Å². The van der Waals surface area contributed by atoms with E-state index in [0.717, 1.165) is 19.6 Å². The van der Waals surface area contributed by atoms with Crippen molar-refractivity contribution in [3.8, 4) is 0 Å². The van der Waals surface area contributed by atoms with Gasteiger partial charge in [-0.25, -0.2) is 8.42 Å². The molecule has 1 aliphatic rings. The lowest BCUT2D eigenvalue weighted by Gasteiger charge is -2.27. The molecule has 0 saturated carbocycles. The molecule has 0 aromatic carbocycles. The summed E-state index contributed by atoms with van der Waals surface area (Å²) in [4.78, 5) is 4.74. The first-order valence-corrected chi connectivity index (χ1v) is 8.72. The number of likely N-dealkylation sites (N-methyl/N-ethyl adjacent to an activating group) is 1. The van der Waals surface area contributed by atoms with Gasteiger partial charge < -0.3 is 10.2 Å². The van der Waals surface area contributed by atoms with Crippen LogP contribution in [-0.2, 0) is 9.84 Å². The maximum absolute atomic E-state index is 11.0. The summed E-state index contributed by atoms with van der Waals surface area (Å²) in [6.45, 7) is 4.74. The third kappa shape index (κ3) is 6.68. The first-order chi connectivity index (χ1) is 8.38. The lowest BCUT2D eigenvalue weighted by Crippen LogP contribution is -2.41. The average molecular weight is 277 g/mol. The minimum absolute atomic E-state index is 0.230. The molecule has 0 radical (unpaired) electrons. The third-order valence-corrected chi connectivity index (χ3v) is 4.25. The Labute approximate surface area is 111 Å². The molecule has 1 heterocycles. The van der Waals surface area contributed by atoms with Crippen LogP contribution in [0.3, 0.4) is 0 Å². The van der Waals surface area contributed by atoms with Crippen molar-refractivity contribution >= 4 is 9.84 Å². The van der Waals surface area contributed by atoms with Crippen LogP contribution in [0.25, 0.3) is 0 Å². The lowest BCUT2D eigenvalue weighted by atomic mass is 10.2. The summed E-state index contributed by atoms with van der Waals surface area (Å²) in [5.74, 6) is 0.230. The van der Waals surface area contributed by atoms with Crippen LogP contribution in [0.1, 0.15) is 12.8 Å². The number of hydrogen-bond donors (Lipinski definition) is 1. The molecule has 0 aromatic rings. The van der Waals surface area contributed by atoms with Gasteiger partial charge in [0.1, 0.15) is 9.84 Å². The highest BCUT2D eigenvalue weighted by Gasteiger charge is 2.23. The Hall–Kier alpha value is -0.170. The van der Waals surface area contributed by atoms with Crippen molar-refractivity contribution in [1.29, 1.82) is 0 Å². The summed E-state index contributed by atoms with van der Waals surface area (Å²) in [5, 5.41) is 3.21. The fraction of sp³-hybridized carbons (Fsp3) is 1.00. The highest BCUT2D eigenvalue weighted by molar-refractivity contribution is 7.90. The van der Waals surface area contributed by atoms with Crippen molar-refractivity contribution in [3.63, 3.8) is 0 Å². The van der Waals surface area contributed by atoms with E-state index in [0.29, 0.717) is 12.6 Å². The van der Waals surface area contributed by atoms with Gasteiger partial charge in [0.05, 0.1) is 5.75 Å². The molecular formula is C12H27N3O2S. The van der Waals surface area contributed by atoms with Crippen LogP contribution in [0.5, 0.6) is 0 Å². The smallest absolute Gasteiger partial charge is 0.148 e. The first kappa shape index (κ1) is 15.9. The second-order valence-corrected chi connectivity index (χ2v) is 7.73. The van der Waals surface area contributed by atoms with E-state index >= 15 is 0 Å². The highest BCUT2D eigenvalue weighted by Crippen LogP contribution is 2.16. The zero-order chi connectivity index (χ0) is 13.6. The van der Waals surface area contributed by atoms with Crippen molar-refractivity contribution in [2.45, 2.75) is 18.9 Å². The molecule has 0 spiro atoms. The van der Waals surface area contributed by atoms with Crippen LogP contribution < -0.4 is 5.32 Å². The monoisotopic (exact) mass is 277 g/mol. The molecule has 6 heteroatoms. The van der Waals surface area contributed by atoms with E-state index in [2.05, 4.69) is 29.2 Å². The van der Waals surface area contributed by atoms with E-state index in [4.69, 9.17) is 0 Å². The van der Waals surface area contributed by atoms with E-state index < -0.39 is 9.84 Å². The summed E-state index contributed by atoms with van der Waals surface area (Å²) in [6.07, 6.45) is 3.84. The molecule has 0 aromatic heterocycles. The zero-order valence-corrected chi connectivity index (χ0v) is 12.7.